The van der Waals surface area contributed by atoms with E-state index >= 15 is 0 Å². The van der Waals surface area contributed by atoms with E-state index in [0.717, 1.165) is 0 Å². The highest BCUT2D eigenvalue weighted by Crippen LogP contribution is 2.30. The highest BCUT2D eigenvalue weighted by molar-refractivity contribution is 5.72. The standard InChI is InChI=1S/C13H10N2O2/c14-8-9-10(5-3-7-12(9)16)15-11-4-1-2-6-13(11)17/h1-7,15-17H. The molecule has 3 N–H and O–H groups in total. The summed E-state index contributed by atoms with van der Waals surface area (Å²) in [5.41, 5.74) is 1.08. The molecule has 0 unspecified atom stereocenters. The molecule has 84 valence electrons. The van der Waals surface area contributed by atoms with Crippen molar-refractivity contribution < 1.29 is 10.2 Å². The molecular formula is C13H10N2O2. The van der Waals surface area contributed by atoms with Crippen molar-refractivity contribution >= 4 is 11.4 Å². The Balaban J connectivity index is 2.41. The van der Waals surface area contributed by atoms with Crippen LogP contribution in [0.3, 0.4) is 0 Å². The van der Waals surface area contributed by atoms with Gasteiger partial charge < -0.3 is 15.5 Å². The maximum Gasteiger partial charge on any atom is 0.139 e. The Kier molecular flexibility index (Phi) is 2.84. The number of rotatable bonds is 2. The first-order chi connectivity index (χ1) is 8.22. The number of phenols is 2. The third-order valence-corrected chi connectivity index (χ3v) is 2.33. The highest BCUT2D eigenvalue weighted by Gasteiger charge is 2.08. The lowest BCUT2D eigenvalue weighted by Crippen LogP contribution is -1.94. The first-order valence-electron chi connectivity index (χ1n) is 4.99. The summed E-state index contributed by atoms with van der Waals surface area (Å²) < 4.78 is 0. The number of phenolic OH excluding ortho intramolecular Hbond substituents is 2. The molecule has 0 fully saturated rings. The molecule has 2 rings (SSSR count). The summed E-state index contributed by atoms with van der Waals surface area (Å²) in [6.07, 6.45) is 0. The lowest BCUT2D eigenvalue weighted by Gasteiger charge is -2.10. The molecule has 0 heterocycles. The van der Waals surface area contributed by atoms with Crippen molar-refractivity contribution in [2.24, 2.45) is 0 Å². The third kappa shape index (κ3) is 2.13. The van der Waals surface area contributed by atoms with E-state index in [1.165, 1.54) is 12.1 Å². The number of nitrogens with one attached hydrogen (secondary N) is 1. The van der Waals surface area contributed by atoms with E-state index in [2.05, 4.69) is 5.32 Å². The molecule has 0 radical (unpaired) electrons. The van der Waals surface area contributed by atoms with Gasteiger partial charge in [-0.3, -0.25) is 0 Å². The fourth-order valence-corrected chi connectivity index (χ4v) is 1.49. The quantitative estimate of drug-likeness (QED) is 0.688. The Labute approximate surface area is 98.4 Å². The summed E-state index contributed by atoms with van der Waals surface area (Å²) in [4.78, 5) is 0. The van der Waals surface area contributed by atoms with Gasteiger partial charge in [-0.25, -0.2) is 0 Å². The summed E-state index contributed by atoms with van der Waals surface area (Å²) in [6, 6.07) is 13.3. The van der Waals surface area contributed by atoms with Crippen LogP contribution in [0.1, 0.15) is 5.56 Å². The largest absolute Gasteiger partial charge is 0.506 e. The molecule has 2 aromatic carbocycles. The van der Waals surface area contributed by atoms with Crippen molar-refractivity contribution in [2.45, 2.75) is 0 Å². The normalized spacial score (nSPS) is 9.59. The third-order valence-electron chi connectivity index (χ3n) is 2.33. The molecule has 4 heteroatoms. The van der Waals surface area contributed by atoms with Crippen molar-refractivity contribution in [3.05, 3.63) is 48.0 Å². The van der Waals surface area contributed by atoms with Gasteiger partial charge in [-0.1, -0.05) is 18.2 Å². The number of para-hydroxylation sites is 2. The predicted molar refractivity (Wildman–Crippen MR) is 64.2 cm³/mol. The molecule has 0 saturated heterocycles. The first-order valence-corrected chi connectivity index (χ1v) is 4.99. The summed E-state index contributed by atoms with van der Waals surface area (Å²) in [5, 5.41) is 30.9. The van der Waals surface area contributed by atoms with Crippen LogP contribution in [0.25, 0.3) is 0 Å². The smallest absolute Gasteiger partial charge is 0.139 e. The number of hydrogen-bond donors (Lipinski definition) is 3. The van der Waals surface area contributed by atoms with Crippen molar-refractivity contribution in [3.8, 4) is 17.6 Å². The Morgan fingerprint density at radius 3 is 2.24 bits per heavy atom. The van der Waals surface area contributed by atoms with Gasteiger partial charge in [-0.05, 0) is 24.3 Å². The molecule has 4 nitrogen and oxygen atoms in total. The van der Waals surface area contributed by atoms with Crippen molar-refractivity contribution in [3.63, 3.8) is 0 Å². The lowest BCUT2D eigenvalue weighted by molar-refractivity contribution is 0.473. The molecule has 0 aliphatic carbocycles. The van der Waals surface area contributed by atoms with E-state index in [1.54, 1.807) is 30.3 Å². The van der Waals surface area contributed by atoms with E-state index in [9.17, 15) is 10.2 Å². The molecule has 0 bridgehead atoms. The molecular weight excluding hydrogens is 216 g/mol. The molecule has 0 spiro atoms. The minimum Gasteiger partial charge on any atom is -0.506 e. The van der Waals surface area contributed by atoms with Crippen LogP contribution in [0.5, 0.6) is 11.5 Å². The molecule has 0 aliphatic rings. The van der Waals surface area contributed by atoms with Crippen LogP contribution < -0.4 is 5.32 Å². The number of nitriles is 1. The monoisotopic (exact) mass is 226 g/mol. The van der Waals surface area contributed by atoms with Crippen LogP contribution in [0.15, 0.2) is 42.5 Å². The van der Waals surface area contributed by atoms with E-state index in [4.69, 9.17) is 5.26 Å². The highest BCUT2D eigenvalue weighted by atomic mass is 16.3. The van der Waals surface area contributed by atoms with Gasteiger partial charge in [-0.2, -0.15) is 5.26 Å². The van der Waals surface area contributed by atoms with Gasteiger partial charge in [0, 0.05) is 0 Å². The maximum absolute atomic E-state index is 9.60. The number of hydrogen-bond acceptors (Lipinski definition) is 4. The molecule has 17 heavy (non-hydrogen) atoms. The van der Waals surface area contributed by atoms with E-state index < -0.39 is 0 Å². The summed E-state index contributed by atoms with van der Waals surface area (Å²) in [6.45, 7) is 0. The fourth-order valence-electron chi connectivity index (χ4n) is 1.49. The van der Waals surface area contributed by atoms with Crippen LogP contribution in [0.4, 0.5) is 11.4 Å². The molecule has 0 saturated carbocycles. The van der Waals surface area contributed by atoms with Crippen molar-refractivity contribution in [2.75, 3.05) is 5.32 Å². The Morgan fingerprint density at radius 1 is 0.882 bits per heavy atom. The number of nitrogens with zero attached hydrogens (tertiary/aromatic N) is 1. The van der Waals surface area contributed by atoms with Gasteiger partial charge in [0.05, 0.1) is 11.4 Å². The zero-order valence-corrected chi connectivity index (χ0v) is 8.88. The van der Waals surface area contributed by atoms with Crippen LogP contribution in [0.2, 0.25) is 0 Å². The van der Waals surface area contributed by atoms with Gasteiger partial charge in [0.2, 0.25) is 0 Å². The molecule has 0 amide bonds. The Bertz CT molecular complexity index is 588. The van der Waals surface area contributed by atoms with Crippen LogP contribution in [-0.2, 0) is 0 Å². The van der Waals surface area contributed by atoms with Crippen LogP contribution in [-0.4, -0.2) is 10.2 Å². The molecule has 0 aliphatic heterocycles. The van der Waals surface area contributed by atoms with E-state index in [0.29, 0.717) is 11.4 Å². The minimum absolute atomic E-state index is 0.0831. The second-order valence-corrected chi connectivity index (χ2v) is 3.45. The van der Waals surface area contributed by atoms with Gasteiger partial charge in [0.1, 0.15) is 23.1 Å². The number of anilines is 2. The van der Waals surface area contributed by atoms with Gasteiger partial charge >= 0.3 is 0 Å². The SMILES string of the molecule is N#Cc1c(O)cccc1Nc1ccccc1O. The second-order valence-electron chi connectivity index (χ2n) is 3.45. The fraction of sp³-hybridized carbons (Fsp3) is 0. The average molecular weight is 226 g/mol. The predicted octanol–water partition coefficient (Wildman–Crippen LogP) is 2.71. The molecule has 0 atom stereocenters. The zero-order chi connectivity index (χ0) is 12.3. The van der Waals surface area contributed by atoms with E-state index in [1.807, 2.05) is 6.07 Å². The topological polar surface area (TPSA) is 76.3 Å². The molecule has 2 aromatic rings. The minimum atomic E-state index is -0.0899. The Morgan fingerprint density at radius 2 is 1.53 bits per heavy atom. The summed E-state index contributed by atoms with van der Waals surface area (Å²) in [7, 11) is 0. The van der Waals surface area contributed by atoms with Crippen molar-refractivity contribution in [1.82, 2.24) is 0 Å². The van der Waals surface area contributed by atoms with Gasteiger partial charge in [-0.15, -0.1) is 0 Å². The van der Waals surface area contributed by atoms with E-state index in [-0.39, 0.29) is 17.1 Å². The number of aromatic hydroxyl groups is 2. The average Bonchev–Trinajstić information content (AvgIpc) is 2.32. The maximum atomic E-state index is 9.60. The van der Waals surface area contributed by atoms with Crippen LogP contribution >= 0.6 is 0 Å². The molecule has 0 aromatic heterocycles. The van der Waals surface area contributed by atoms with Gasteiger partial charge in [0.15, 0.2) is 0 Å². The Hall–Kier alpha value is -2.67. The van der Waals surface area contributed by atoms with Gasteiger partial charge in [0.25, 0.3) is 0 Å². The first kappa shape index (κ1) is 10.8. The second kappa shape index (κ2) is 4.45. The van der Waals surface area contributed by atoms with Crippen LogP contribution in [0, 0.1) is 11.3 Å². The summed E-state index contributed by atoms with van der Waals surface area (Å²) >= 11 is 0. The van der Waals surface area contributed by atoms with Crippen molar-refractivity contribution in [1.29, 1.82) is 5.26 Å². The summed E-state index contributed by atoms with van der Waals surface area (Å²) in [5.74, 6) is -0.00680. The number of benzene rings is 2. The lowest BCUT2D eigenvalue weighted by atomic mass is 10.1. The zero-order valence-electron chi connectivity index (χ0n) is 8.88.